The molecule has 142 valence electrons. The summed E-state index contributed by atoms with van der Waals surface area (Å²) in [4.78, 5) is 6.44. The zero-order chi connectivity index (χ0) is 17.2. The van der Waals surface area contributed by atoms with Crippen molar-refractivity contribution in [3.05, 3.63) is 30.1 Å². The van der Waals surface area contributed by atoms with Crippen molar-refractivity contribution in [3.63, 3.8) is 0 Å². The summed E-state index contributed by atoms with van der Waals surface area (Å²) in [6.45, 7) is 3.81. The molecule has 0 aliphatic carbocycles. The molecule has 25 heavy (non-hydrogen) atoms. The van der Waals surface area contributed by atoms with Gasteiger partial charge in [-0.2, -0.15) is 0 Å². The number of nitrogens with one attached hydrogen (secondary N) is 1. The van der Waals surface area contributed by atoms with Gasteiger partial charge in [-0.1, -0.05) is 6.07 Å². The van der Waals surface area contributed by atoms with Crippen molar-refractivity contribution in [2.75, 3.05) is 47.0 Å². The lowest BCUT2D eigenvalue weighted by molar-refractivity contribution is 0.0625. The number of benzene rings is 1. The number of hydrogen-bond donors (Lipinski definition) is 1. The lowest BCUT2D eigenvalue weighted by Gasteiger charge is -2.26. The molecule has 1 N–H and O–H groups in total. The van der Waals surface area contributed by atoms with Crippen LogP contribution in [0.2, 0.25) is 0 Å². The summed E-state index contributed by atoms with van der Waals surface area (Å²) in [5.74, 6) is 1.85. The molecule has 0 spiro atoms. The van der Waals surface area contributed by atoms with Crippen LogP contribution in [0.4, 0.5) is 4.39 Å². The molecule has 2 rings (SSSR count). The average molecular weight is 465 g/mol. The van der Waals surface area contributed by atoms with E-state index in [0.717, 1.165) is 50.9 Å². The third-order valence-corrected chi connectivity index (χ3v) is 4.24. The first-order valence-corrected chi connectivity index (χ1v) is 8.57. The molecule has 1 aromatic rings. The van der Waals surface area contributed by atoms with E-state index < -0.39 is 0 Å². The summed E-state index contributed by atoms with van der Waals surface area (Å²) in [7, 11) is 3.82. The molecule has 5 nitrogen and oxygen atoms in total. The van der Waals surface area contributed by atoms with Gasteiger partial charge in [0.2, 0.25) is 0 Å². The summed E-state index contributed by atoms with van der Waals surface area (Å²) >= 11 is 0. The lowest BCUT2D eigenvalue weighted by atomic mass is 9.96. The van der Waals surface area contributed by atoms with E-state index in [2.05, 4.69) is 15.2 Å². The van der Waals surface area contributed by atoms with Crippen molar-refractivity contribution in [3.8, 4) is 5.75 Å². The quantitative estimate of drug-likeness (QED) is 0.291. The van der Waals surface area contributed by atoms with E-state index in [1.807, 2.05) is 7.05 Å². The van der Waals surface area contributed by atoms with Gasteiger partial charge in [0.25, 0.3) is 0 Å². The SMILES string of the molecule is CN=C(NCCOc1cccc(F)c1)N(C)CCC1CCOCC1.I. The van der Waals surface area contributed by atoms with E-state index >= 15 is 0 Å². The number of nitrogens with zero attached hydrogens (tertiary/aromatic N) is 2. The van der Waals surface area contributed by atoms with Crippen LogP contribution >= 0.6 is 24.0 Å². The predicted molar refractivity (Wildman–Crippen MR) is 109 cm³/mol. The number of ether oxygens (including phenoxy) is 2. The summed E-state index contributed by atoms with van der Waals surface area (Å²) in [5.41, 5.74) is 0. The second-order valence-corrected chi connectivity index (χ2v) is 6.05. The highest BCUT2D eigenvalue weighted by molar-refractivity contribution is 14.0. The van der Waals surface area contributed by atoms with Crippen LogP contribution in [0.25, 0.3) is 0 Å². The number of rotatable bonds is 7. The van der Waals surface area contributed by atoms with E-state index in [9.17, 15) is 4.39 Å². The largest absolute Gasteiger partial charge is 0.492 e. The number of hydrogen-bond acceptors (Lipinski definition) is 3. The van der Waals surface area contributed by atoms with E-state index in [0.29, 0.717) is 18.9 Å². The summed E-state index contributed by atoms with van der Waals surface area (Å²) in [5, 5.41) is 3.27. The molecule has 1 aliphatic heterocycles. The van der Waals surface area contributed by atoms with Crippen molar-refractivity contribution in [2.24, 2.45) is 10.9 Å². The minimum absolute atomic E-state index is 0. The highest BCUT2D eigenvalue weighted by atomic mass is 127. The zero-order valence-corrected chi connectivity index (χ0v) is 17.4. The van der Waals surface area contributed by atoms with Crippen molar-refractivity contribution < 1.29 is 13.9 Å². The van der Waals surface area contributed by atoms with E-state index in [1.54, 1.807) is 19.2 Å². The minimum atomic E-state index is -0.288. The van der Waals surface area contributed by atoms with Gasteiger partial charge < -0.3 is 19.7 Å². The van der Waals surface area contributed by atoms with Crippen LogP contribution in [0.15, 0.2) is 29.3 Å². The lowest BCUT2D eigenvalue weighted by Crippen LogP contribution is -2.41. The first-order chi connectivity index (χ1) is 11.7. The molecule has 0 saturated carbocycles. The van der Waals surface area contributed by atoms with Gasteiger partial charge >= 0.3 is 0 Å². The number of guanidine groups is 1. The highest BCUT2D eigenvalue weighted by Gasteiger charge is 2.15. The fourth-order valence-electron chi connectivity index (χ4n) is 2.79. The Hall–Kier alpha value is -1.09. The maximum absolute atomic E-state index is 13.1. The van der Waals surface area contributed by atoms with Crippen LogP contribution in [0.1, 0.15) is 19.3 Å². The molecule has 0 aromatic heterocycles. The van der Waals surface area contributed by atoms with Crippen molar-refractivity contribution in [2.45, 2.75) is 19.3 Å². The molecule has 0 radical (unpaired) electrons. The van der Waals surface area contributed by atoms with Crippen LogP contribution in [0, 0.1) is 11.7 Å². The number of halogens is 2. The van der Waals surface area contributed by atoms with Crippen molar-refractivity contribution in [1.29, 1.82) is 0 Å². The Morgan fingerprint density at radius 1 is 1.40 bits per heavy atom. The maximum atomic E-state index is 13.1. The van der Waals surface area contributed by atoms with Crippen LogP contribution in [-0.4, -0.2) is 57.9 Å². The topological polar surface area (TPSA) is 46.1 Å². The van der Waals surface area contributed by atoms with Gasteiger partial charge in [0.05, 0.1) is 6.54 Å². The Kier molecular flexibility index (Phi) is 10.8. The van der Waals surface area contributed by atoms with Crippen LogP contribution in [0.5, 0.6) is 5.75 Å². The molecule has 7 heteroatoms. The summed E-state index contributed by atoms with van der Waals surface area (Å²) in [6.07, 6.45) is 3.46. The fourth-order valence-corrected chi connectivity index (χ4v) is 2.79. The van der Waals surface area contributed by atoms with Gasteiger partial charge in [-0.05, 0) is 37.3 Å². The van der Waals surface area contributed by atoms with Gasteiger partial charge in [0, 0.05) is 39.9 Å². The smallest absolute Gasteiger partial charge is 0.193 e. The Bertz CT molecular complexity index is 525. The Labute approximate surface area is 167 Å². The molecule has 1 fully saturated rings. The van der Waals surface area contributed by atoms with E-state index in [1.165, 1.54) is 12.1 Å². The van der Waals surface area contributed by atoms with Crippen LogP contribution in [0.3, 0.4) is 0 Å². The highest BCUT2D eigenvalue weighted by Crippen LogP contribution is 2.18. The predicted octanol–water partition coefficient (Wildman–Crippen LogP) is 3.15. The van der Waals surface area contributed by atoms with Gasteiger partial charge in [-0.3, -0.25) is 4.99 Å². The van der Waals surface area contributed by atoms with Crippen molar-refractivity contribution >= 4 is 29.9 Å². The van der Waals surface area contributed by atoms with Gasteiger partial charge in [0.15, 0.2) is 5.96 Å². The molecule has 1 aromatic carbocycles. The second-order valence-electron chi connectivity index (χ2n) is 6.05. The standard InChI is InChI=1S/C18H28FN3O2.HI/c1-20-18(22(2)10-6-15-7-11-23-12-8-15)21-9-13-24-17-5-3-4-16(19)14-17;/h3-5,14-15H,6-13H2,1-2H3,(H,20,21);1H. The molecule has 1 saturated heterocycles. The second kappa shape index (κ2) is 12.3. The summed E-state index contributed by atoms with van der Waals surface area (Å²) in [6, 6.07) is 6.17. The Morgan fingerprint density at radius 3 is 2.84 bits per heavy atom. The van der Waals surface area contributed by atoms with Gasteiger partial charge in [-0.25, -0.2) is 4.39 Å². The van der Waals surface area contributed by atoms with E-state index in [4.69, 9.17) is 9.47 Å². The average Bonchev–Trinajstić information content (AvgIpc) is 2.61. The molecular weight excluding hydrogens is 436 g/mol. The minimum Gasteiger partial charge on any atom is -0.492 e. The first kappa shape index (κ1) is 22.0. The zero-order valence-electron chi connectivity index (χ0n) is 15.0. The van der Waals surface area contributed by atoms with Gasteiger partial charge in [0.1, 0.15) is 18.2 Å². The van der Waals surface area contributed by atoms with E-state index in [-0.39, 0.29) is 29.8 Å². The maximum Gasteiger partial charge on any atom is 0.193 e. The normalized spacial score (nSPS) is 15.4. The van der Waals surface area contributed by atoms with Crippen LogP contribution in [-0.2, 0) is 4.74 Å². The number of aliphatic imine (C=N–C) groups is 1. The molecule has 1 heterocycles. The molecule has 1 aliphatic rings. The fraction of sp³-hybridized carbons (Fsp3) is 0.611. The van der Waals surface area contributed by atoms with Gasteiger partial charge in [-0.15, -0.1) is 24.0 Å². The van der Waals surface area contributed by atoms with Crippen molar-refractivity contribution in [1.82, 2.24) is 10.2 Å². The molecule has 0 unspecified atom stereocenters. The summed E-state index contributed by atoms with van der Waals surface area (Å²) < 4.78 is 24.0. The molecule has 0 atom stereocenters. The third kappa shape index (κ3) is 8.22. The monoisotopic (exact) mass is 465 g/mol. The Balaban J connectivity index is 0.00000312. The third-order valence-electron chi connectivity index (χ3n) is 4.24. The Morgan fingerprint density at radius 2 is 2.16 bits per heavy atom. The molecule has 0 bridgehead atoms. The van der Waals surface area contributed by atoms with Crippen LogP contribution < -0.4 is 10.1 Å². The molecular formula is C18H29FIN3O2. The first-order valence-electron chi connectivity index (χ1n) is 8.57. The molecule has 0 amide bonds.